The number of nitrogens with one attached hydrogen (secondary N) is 1. The fraction of sp³-hybridized carbons (Fsp3) is 0.562. The minimum absolute atomic E-state index is 0. The predicted octanol–water partition coefficient (Wildman–Crippen LogP) is 3.78. The van der Waals surface area contributed by atoms with Gasteiger partial charge in [-0.15, -0.1) is 24.0 Å². The van der Waals surface area contributed by atoms with Gasteiger partial charge in [0.25, 0.3) is 0 Å². The van der Waals surface area contributed by atoms with E-state index in [1.165, 1.54) is 5.56 Å². The first-order valence-corrected chi connectivity index (χ1v) is 7.86. The molecule has 0 amide bonds. The molecule has 0 spiro atoms. The van der Waals surface area contributed by atoms with Crippen LogP contribution < -0.4 is 5.32 Å². The van der Waals surface area contributed by atoms with Crippen LogP contribution in [0.4, 0.5) is 0 Å². The third-order valence-corrected chi connectivity index (χ3v) is 3.19. The molecule has 0 saturated heterocycles. The normalized spacial score (nSPS) is 11.0. The number of rotatable bonds is 8. The lowest BCUT2D eigenvalue weighted by Gasteiger charge is -2.22. The summed E-state index contributed by atoms with van der Waals surface area (Å²) in [5.41, 5.74) is 1.21. The van der Waals surface area contributed by atoms with Gasteiger partial charge in [0.2, 0.25) is 0 Å². The van der Waals surface area contributed by atoms with E-state index in [1.807, 2.05) is 38.2 Å². The van der Waals surface area contributed by atoms with Crippen molar-refractivity contribution in [1.29, 1.82) is 0 Å². The summed E-state index contributed by atoms with van der Waals surface area (Å²) in [6.07, 6.45) is 0.942. The molecular weight excluding hydrogens is 413 g/mol. The molecule has 0 aromatic heterocycles. The van der Waals surface area contributed by atoms with Gasteiger partial charge in [-0.3, -0.25) is 4.99 Å². The van der Waals surface area contributed by atoms with Crippen LogP contribution in [0.5, 0.6) is 0 Å². The van der Waals surface area contributed by atoms with Gasteiger partial charge in [-0.2, -0.15) is 0 Å². The Hall–Kier alpha value is -0.530. The molecule has 22 heavy (non-hydrogen) atoms. The fourth-order valence-corrected chi connectivity index (χ4v) is 2.03. The van der Waals surface area contributed by atoms with Crippen molar-refractivity contribution in [1.82, 2.24) is 10.2 Å². The van der Waals surface area contributed by atoms with Crippen molar-refractivity contribution in [2.24, 2.45) is 4.99 Å². The molecule has 0 aliphatic carbocycles. The van der Waals surface area contributed by atoms with E-state index in [0.717, 1.165) is 50.3 Å². The van der Waals surface area contributed by atoms with Crippen molar-refractivity contribution in [2.75, 3.05) is 33.4 Å². The van der Waals surface area contributed by atoms with Crippen LogP contribution in [0.3, 0.4) is 0 Å². The first kappa shape index (κ1) is 21.5. The average molecular weight is 440 g/mol. The van der Waals surface area contributed by atoms with E-state index in [-0.39, 0.29) is 24.0 Å². The van der Waals surface area contributed by atoms with Crippen LogP contribution >= 0.6 is 35.6 Å². The van der Waals surface area contributed by atoms with E-state index in [9.17, 15) is 0 Å². The number of nitrogens with zero attached hydrogens (tertiary/aromatic N) is 2. The Morgan fingerprint density at radius 1 is 1.27 bits per heavy atom. The van der Waals surface area contributed by atoms with Crippen LogP contribution in [0.15, 0.2) is 29.3 Å². The highest BCUT2D eigenvalue weighted by molar-refractivity contribution is 14.0. The molecule has 0 unspecified atom stereocenters. The van der Waals surface area contributed by atoms with Gasteiger partial charge in [0.1, 0.15) is 0 Å². The highest BCUT2D eigenvalue weighted by Gasteiger charge is 2.06. The third kappa shape index (κ3) is 8.80. The Labute approximate surface area is 156 Å². The lowest BCUT2D eigenvalue weighted by Crippen LogP contribution is -2.38. The summed E-state index contributed by atoms with van der Waals surface area (Å²) in [6.45, 7) is 8.04. The lowest BCUT2D eigenvalue weighted by molar-refractivity contribution is 0.146. The Bertz CT molecular complexity index is 426. The Balaban J connectivity index is 0.00000441. The standard InChI is InChI=1S/C16H26ClN3O.HI/c1-4-18-16(19-11-6-12-21-5-2)20(3)13-14-7-9-15(17)10-8-14;/h7-10H,4-6,11-13H2,1-3H3,(H,18,19);1H. The van der Waals surface area contributed by atoms with Crippen LogP contribution in [-0.4, -0.2) is 44.2 Å². The topological polar surface area (TPSA) is 36.9 Å². The van der Waals surface area contributed by atoms with Gasteiger partial charge in [0, 0.05) is 44.9 Å². The van der Waals surface area contributed by atoms with Crippen molar-refractivity contribution >= 4 is 41.5 Å². The molecular formula is C16H27ClIN3O. The summed E-state index contributed by atoms with van der Waals surface area (Å²) < 4.78 is 5.33. The van der Waals surface area contributed by atoms with E-state index in [2.05, 4.69) is 22.1 Å². The van der Waals surface area contributed by atoms with E-state index in [4.69, 9.17) is 16.3 Å². The van der Waals surface area contributed by atoms with Gasteiger partial charge < -0.3 is 15.0 Å². The Morgan fingerprint density at radius 3 is 2.55 bits per heavy atom. The molecule has 1 aromatic rings. The predicted molar refractivity (Wildman–Crippen MR) is 105 cm³/mol. The quantitative estimate of drug-likeness (QED) is 0.290. The molecule has 0 aliphatic rings. The number of guanidine groups is 1. The molecule has 0 aliphatic heterocycles. The molecule has 0 atom stereocenters. The second-order valence-electron chi connectivity index (χ2n) is 4.77. The molecule has 0 radical (unpaired) electrons. The zero-order valence-electron chi connectivity index (χ0n) is 13.6. The maximum absolute atomic E-state index is 5.91. The van der Waals surface area contributed by atoms with Crippen molar-refractivity contribution < 1.29 is 4.74 Å². The second kappa shape index (κ2) is 13.0. The van der Waals surface area contributed by atoms with Crippen molar-refractivity contribution in [3.63, 3.8) is 0 Å². The van der Waals surface area contributed by atoms with Crippen molar-refractivity contribution in [3.05, 3.63) is 34.9 Å². The van der Waals surface area contributed by atoms with Gasteiger partial charge in [0.05, 0.1) is 0 Å². The van der Waals surface area contributed by atoms with Crippen molar-refractivity contribution in [2.45, 2.75) is 26.8 Å². The van der Waals surface area contributed by atoms with Crippen LogP contribution in [-0.2, 0) is 11.3 Å². The maximum Gasteiger partial charge on any atom is 0.193 e. The minimum Gasteiger partial charge on any atom is -0.382 e. The van der Waals surface area contributed by atoms with E-state index >= 15 is 0 Å². The summed E-state index contributed by atoms with van der Waals surface area (Å²) in [6, 6.07) is 7.91. The average Bonchev–Trinajstić information content (AvgIpc) is 2.48. The summed E-state index contributed by atoms with van der Waals surface area (Å²) >= 11 is 5.91. The van der Waals surface area contributed by atoms with Crippen LogP contribution in [0.1, 0.15) is 25.8 Å². The van der Waals surface area contributed by atoms with E-state index in [0.29, 0.717) is 0 Å². The summed E-state index contributed by atoms with van der Waals surface area (Å²) in [5.74, 6) is 0.920. The number of ether oxygens (including phenoxy) is 1. The molecule has 1 N–H and O–H groups in total. The van der Waals surface area contributed by atoms with Gasteiger partial charge in [-0.25, -0.2) is 0 Å². The highest BCUT2D eigenvalue weighted by atomic mass is 127. The molecule has 0 saturated carbocycles. The Kier molecular flexibility index (Phi) is 12.6. The zero-order valence-corrected chi connectivity index (χ0v) is 16.7. The number of benzene rings is 1. The summed E-state index contributed by atoms with van der Waals surface area (Å²) in [4.78, 5) is 6.74. The van der Waals surface area contributed by atoms with Gasteiger partial charge >= 0.3 is 0 Å². The highest BCUT2D eigenvalue weighted by Crippen LogP contribution is 2.11. The molecule has 0 bridgehead atoms. The van der Waals surface area contributed by atoms with Crippen molar-refractivity contribution in [3.8, 4) is 0 Å². The minimum atomic E-state index is 0. The molecule has 1 aromatic carbocycles. The second-order valence-corrected chi connectivity index (χ2v) is 5.21. The maximum atomic E-state index is 5.91. The number of halogens is 2. The van der Waals surface area contributed by atoms with E-state index in [1.54, 1.807) is 0 Å². The van der Waals surface area contributed by atoms with Crippen LogP contribution in [0.2, 0.25) is 5.02 Å². The zero-order chi connectivity index (χ0) is 15.5. The van der Waals surface area contributed by atoms with Crippen LogP contribution in [0.25, 0.3) is 0 Å². The van der Waals surface area contributed by atoms with E-state index < -0.39 is 0 Å². The van der Waals surface area contributed by atoms with Gasteiger partial charge in [-0.1, -0.05) is 23.7 Å². The fourth-order valence-electron chi connectivity index (χ4n) is 1.90. The lowest BCUT2D eigenvalue weighted by atomic mass is 10.2. The largest absolute Gasteiger partial charge is 0.382 e. The monoisotopic (exact) mass is 439 g/mol. The molecule has 4 nitrogen and oxygen atoms in total. The molecule has 0 fully saturated rings. The molecule has 0 heterocycles. The van der Waals surface area contributed by atoms with Gasteiger partial charge in [-0.05, 0) is 38.0 Å². The number of aliphatic imine (C=N–C) groups is 1. The molecule has 126 valence electrons. The first-order chi connectivity index (χ1) is 10.2. The third-order valence-electron chi connectivity index (χ3n) is 2.94. The Morgan fingerprint density at radius 2 is 1.95 bits per heavy atom. The van der Waals surface area contributed by atoms with Crippen LogP contribution in [0, 0.1) is 0 Å². The SMILES string of the molecule is CCNC(=NCCCOCC)N(C)Cc1ccc(Cl)cc1.I. The number of hydrogen-bond acceptors (Lipinski definition) is 2. The smallest absolute Gasteiger partial charge is 0.193 e. The summed E-state index contributed by atoms with van der Waals surface area (Å²) in [5, 5.41) is 4.08. The first-order valence-electron chi connectivity index (χ1n) is 7.49. The number of hydrogen-bond donors (Lipinski definition) is 1. The molecule has 6 heteroatoms. The summed E-state index contributed by atoms with van der Waals surface area (Å²) in [7, 11) is 2.04. The molecule has 1 rings (SSSR count). The van der Waals surface area contributed by atoms with Gasteiger partial charge in [0.15, 0.2) is 5.96 Å².